The first kappa shape index (κ1) is 22.0. The smallest absolute Gasteiger partial charge is 0.406 e. The first-order chi connectivity index (χ1) is 14.5. The summed E-state index contributed by atoms with van der Waals surface area (Å²) < 4.78 is 83.3. The predicted molar refractivity (Wildman–Crippen MR) is 97.8 cm³/mol. The highest BCUT2D eigenvalue weighted by atomic mass is 19.4. The van der Waals surface area contributed by atoms with Gasteiger partial charge in [-0.3, -0.25) is 4.98 Å². The minimum absolute atomic E-state index is 0.0176. The largest absolute Gasteiger partial charge is 0.573 e. The SMILES string of the molecule is N#CCc1cnc(-c2cccc(OC(F)(F)F)c2)c(-c2cccc(OC(F)(F)F)c2)c1. The number of alkyl halides is 6. The molecule has 0 fully saturated rings. The Morgan fingerprint density at radius 3 is 1.90 bits per heavy atom. The molecule has 31 heavy (non-hydrogen) atoms. The van der Waals surface area contributed by atoms with E-state index in [2.05, 4.69) is 14.5 Å². The van der Waals surface area contributed by atoms with Gasteiger partial charge in [-0.25, -0.2) is 0 Å². The van der Waals surface area contributed by atoms with E-state index in [9.17, 15) is 26.3 Å². The van der Waals surface area contributed by atoms with E-state index in [4.69, 9.17) is 5.26 Å². The number of rotatable bonds is 5. The van der Waals surface area contributed by atoms with Crippen LogP contribution in [0.5, 0.6) is 11.5 Å². The van der Waals surface area contributed by atoms with Gasteiger partial charge in [0.25, 0.3) is 0 Å². The van der Waals surface area contributed by atoms with Crippen molar-refractivity contribution in [1.82, 2.24) is 4.98 Å². The van der Waals surface area contributed by atoms with Gasteiger partial charge in [0, 0.05) is 17.3 Å². The molecule has 4 nitrogen and oxygen atoms in total. The lowest BCUT2D eigenvalue weighted by Gasteiger charge is -2.14. The minimum atomic E-state index is -4.90. The number of ether oxygens (including phenoxy) is 2. The maximum absolute atomic E-state index is 12.6. The van der Waals surface area contributed by atoms with Crippen LogP contribution in [0.2, 0.25) is 0 Å². The van der Waals surface area contributed by atoms with E-state index < -0.39 is 24.2 Å². The molecular formula is C21H12F6N2O2. The molecule has 0 aliphatic heterocycles. The molecule has 0 aliphatic carbocycles. The van der Waals surface area contributed by atoms with E-state index in [1.807, 2.05) is 6.07 Å². The summed E-state index contributed by atoms with van der Waals surface area (Å²) in [5.74, 6) is -0.955. The van der Waals surface area contributed by atoms with E-state index in [0.29, 0.717) is 11.1 Å². The third-order valence-corrected chi connectivity index (χ3v) is 3.95. The van der Waals surface area contributed by atoms with E-state index in [-0.39, 0.29) is 23.2 Å². The molecular weight excluding hydrogens is 426 g/mol. The van der Waals surface area contributed by atoms with Gasteiger partial charge < -0.3 is 9.47 Å². The fourth-order valence-corrected chi connectivity index (χ4v) is 2.85. The monoisotopic (exact) mass is 438 g/mol. The molecule has 1 heterocycles. The summed E-state index contributed by atoms with van der Waals surface area (Å²) in [6.45, 7) is 0. The van der Waals surface area contributed by atoms with Gasteiger partial charge in [0.15, 0.2) is 0 Å². The van der Waals surface area contributed by atoms with Gasteiger partial charge in [-0.15, -0.1) is 26.3 Å². The number of hydrogen-bond acceptors (Lipinski definition) is 4. The first-order valence-corrected chi connectivity index (χ1v) is 8.62. The van der Waals surface area contributed by atoms with Crippen molar-refractivity contribution >= 4 is 0 Å². The normalized spacial score (nSPS) is 11.6. The second kappa shape index (κ2) is 8.55. The summed E-state index contributed by atoms with van der Waals surface area (Å²) in [5, 5.41) is 8.94. The van der Waals surface area contributed by atoms with Gasteiger partial charge in [0.2, 0.25) is 0 Å². The van der Waals surface area contributed by atoms with Crippen molar-refractivity contribution < 1.29 is 35.8 Å². The summed E-state index contributed by atoms with van der Waals surface area (Å²) in [5.41, 5.74) is 1.49. The van der Waals surface area contributed by atoms with E-state index in [1.165, 1.54) is 36.5 Å². The number of halogens is 6. The number of nitriles is 1. The van der Waals surface area contributed by atoms with Gasteiger partial charge in [0.1, 0.15) is 11.5 Å². The highest BCUT2D eigenvalue weighted by Crippen LogP contribution is 2.36. The lowest BCUT2D eigenvalue weighted by Crippen LogP contribution is -2.17. The van der Waals surface area contributed by atoms with Gasteiger partial charge in [0.05, 0.1) is 18.2 Å². The van der Waals surface area contributed by atoms with Crippen molar-refractivity contribution in [3.8, 4) is 40.0 Å². The number of nitrogens with zero attached hydrogens (tertiary/aromatic N) is 2. The maximum Gasteiger partial charge on any atom is 0.573 e. The van der Waals surface area contributed by atoms with Crippen molar-refractivity contribution in [2.75, 3.05) is 0 Å². The van der Waals surface area contributed by atoms with Crippen molar-refractivity contribution in [2.24, 2.45) is 0 Å². The Morgan fingerprint density at radius 2 is 1.35 bits per heavy atom. The standard InChI is InChI=1S/C21H12F6N2O2/c22-20(23,24)30-16-5-1-3-14(10-16)18-9-13(7-8-28)12-29-19(18)15-4-2-6-17(11-15)31-21(25,26)27/h1-6,9-12H,7H2. The average molecular weight is 438 g/mol. The zero-order valence-electron chi connectivity index (χ0n) is 15.5. The summed E-state index contributed by atoms with van der Waals surface area (Å²) in [6.07, 6.45) is -8.44. The Morgan fingerprint density at radius 1 is 0.806 bits per heavy atom. The molecule has 0 bridgehead atoms. The van der Waals surface area contributed by atoms with Crippen LogP contribution < -0.4 is 9.47 Å². The lowest BCUT2D eigenvalue weighted by atomic mass is 9.97. The second-order valence-corrected chi connectivity index (χ2v) is 6.23. The van der Waals surface area contributed by atoms with Gasteiger partial charge in [-0.05, 0) is 41.5 Å². The zero-order chi connectivity index (χ0) is 22.6. The van der Waals surface area contributed by atoms with Crippen LogP contribution in [0.15, 0.2) is 60.8 Å². The predicted octanol–water partition coefficient (Wildman–Crippen LogP) is 6.28. The Balaban J connectivity index is 2.11. The molecule has 0 aliphatic rings. The van der Waals surface area contributed by atoms with Crippen LogP contribution >= 0.6 is 0 Å². The van der Waals surface area contributed by atoms with Crippen molar-refractivity contribution in [3.05, 3.63) is 66.4 Å². The molecule has 0 spiro atoms. The number of hydrogen-bond donors (Lipinski definition) is 0. The molecule has 160 valence electrons. The Hall–Kier alpha value is -3.74. The molecule has 0 unspecified atom stereocenters. The molecule has 3 aromatic rings. The molecule has 0 atom stereocenters. The molecule has 10 heteroatoms. The minimum Gasteiger partial charge on any atom is -0.406 e. The van der Waals surface area contributed by atoms with Gasteiger partial charge in [-0.2, -0.15) is 5.26 Å². The van der Waals surface area contributed by atoms with Crippen LogP contribution in [0.3, 0.4) is 0 Å². The third kappa shape index (κ3) is 6.12. The maximum atomic E-state index is 12.6. The summed E-state index contributed by atoms with van der Waals surface area (Å²) >= 11 is 0. The van der Waals surface area contributed by atoms with Crippen molar-refractivity contribution in [3.63, 3.8) is 0 Å². The third-order valence-electron chi connectivity index (χ3n) is 3.95. The van der Waals surface area contributed by atoms with Crippen LogP contribution in [-0.4, -0.2) is 17.7 Å². The van der Waals surface area contributed by atoms with Crippen LogP contribution in [0.25, 0.3) is 22.4 Å². The highest BCUT2D eigenvalue weighted by molar-refractivity contribution is 5.82. The molecule has 2 aromatic carbocycles. The Labute approximate surface area is 172 Å². The van der Waals surface area contributed by atoms with Crippen LogP contribution in [0.1, 0.15) is 5.56 Å². The summed E-state index contributed by atoms with van der Waals surface area (Å²) in [7, 11) is 0. The number of benzene rings is 2. The van der Waals surface area contributed by atoms with E-state index >= 15 is 0 Å². The molecule has 1 aromatic heterocycles. The van der Waals surface area contributed by atoms with Crippen molar-refractivity contribution in [2.45, 2.75) is 19.1 Å². The molecule has 0 radical (unpaired) electrons. The Bertz CT molecular complexity index is 1120. The van der Waals surface area contributed by atoms with Crippen molar-refractivity contribution in [1.29, 1.82) is 5.26 Å². The summed E-state index contributed by atoms with van der Waals surface area (Å²) in [4.78, 5) is 4.23. The highest BCUT2D eigenvalue weighted by Gasteiger charge is 2.32. The molecule has 0 saturated heterocycles. The Kier molecular flexibility index (Phi) is 6.06. The number of aromatic nitrogens is 1. The molecule has 0 saturated carbocycles. The lowest BCUT2D eigenvalue weighted by molar-refractivity contribution is -0.275. The summed E-state index contributed by atoms with van der Waals surface area (Å²) in [6, 6.07) is 13.6. The molecule has 3 rings (SSSR count). The zero-order valence-corrected chi connectivity index (χ0v) is 15.5. The topological polar surface area (TPSA) is 55.1 Å². The van der Waals surface area contributed by atoms with Crippen LogP contribution in [-0.2, 0) is 6.42 Å². The number of pyridine rings is 1. The molecule has 0 N–H and O–H groups in total. The van der Waals surface area contributed by atoms with E-state index in [0.717, 1.165) is 24.3 Å². The van der Waals surface area contributed by atoms with Gasteiger partial charge in [-0.1, -0.05) is 24.3 Å². The molecule has 0 amide bonds. The van der Waals surface area contributed by atoms with Crippen LogP contribution in [0.4, 0.5) is 26.3 Å². The van der Waals surface area contributed by atoms with Crippen LogP contribution in [0, 0.1) is 11.3 Å². The fourth-order valence-electron chi connectivity index (χ4n) is 2.85. The van der Waals surface area contributed by atoms with Gasteiger partial charge >= 0.3 is 12.7 Å². The first-order valence-electron chi connectivity index (χ1n) is 8.62. The fraction of sp³-hybridized carbons (Fsp3) is 0.143. The quantitative estimate of drug-likeness (QED) is 0.440. The average Bonchev–Trinajstić information content (AvgIpc) is 2.66. The second-order valence-electron chi connectivity index (χ2n) is 6.23. The van der Waals surface area contributed by atoms with E-state index in [1.54, 1.807) is 0 Å².